The monoisotopic (exact) mass is 504 g/mol. The van der Waals surface area contributed by atoms with Gasteiger partial charge in [-0.05, 0) is 53.0 Å². The zero-order valence-corrected chi connectivity index (χ0v) is 22.3. The van der Waals surface area contributed by atoms with Gasteiger partial charge >= 0.3 is 0 Å². The Bertz CT molecular complexity index is 1220. The Labute approximate surface area is 219 Å². The number of hydrogen-bond donors (Lipinski definition) is 2. The van der Waals surface area contributed by atoms with Gasteiger partial charge in [-0.25, -0.2) is 0 Å². The van der Waals surface area contributed by atoms with Crippen molar-refractivity contribution < 1.29 is 29.3 Å². The zero-order chi connectivity index (χ0) is 27.6. The summed E-state index contributed by atoms with van der Waals surface area (Å²) >= 11 is 0. The Morgan fingerprint density at radius 2 is 1.30 bits per heavy atom. The van der Waals surface area contributed by atoms with E-state index in [4.69, 9.17) is 9.47 Å². The number of allylic oxidation sites excluding steroid dienone is 6. The van der Waals surface area contributed by atoms with Crippen LogP contribution in [0.4, 0.5) is 0 Å². The van der Waals surface area contributed by atoms with Crippen molar-refractivity contribution in [3.05, 3.63) is 84.0 Å². The van der Waals surface area contributed by atoms with Crippen LogP contribution in [-0.2, 0) is 9.59 Å². The van der Waals surface area contributed by atoms with Gasteiger partial charge in [0.2, 0.25) is 0 Å². The molecule has 2 atom stereocenters. The molecule has 0 bridgehead atoms. The predicted molar refractivity (Wildman–Crippen MR) is 148 cm³/mol. The lowest BCUT2D eigenvalue weighted by Gasteiger charge is -2.26. The minimum absolute atomic E-state index is 0.0229. The lowest BCUT2D eigenvalue weighted by molar-refractivity contribution is -0.120. The molecule has 0 radical (unpaired) electrons. The van der Waals surface area contributed by atoms with Crippen molar-refractivity contribution in [2.45, 2.75) is 27.7 Å². The van der Waals surface area contributed by atoms with E-state index in [0.29, 0.717) is 11.5 Å². The van der Waals surface area contributed by atoms with Crippen LogP contribution in [0.25, 0.3) is 12.2 Å². The number of carbonyl (C=O) groups excluding carboxylic acids is 2. The number of hydrogen-bond acceptors (Lipinski definition) is 6. The highest BCUT2D eigenvalue weighted by atomic mass is 16.5. The number of carbonyl (C=O) groups is 2. The van der Waals surface area contributed by atoms with Gasteiger partial charge in [0.15, 0.2) is 34.6 Å². The van der Waals surface area contributed by atoms with Crippen LogP contribution in [0.2, 0.25) is 0 Å². The van der Waals surface area contributed by atoms with Gasteiger partial charge in [-0.2, -0.15) is 0 Å². The molecular formula is C31H36O6. The molecule has 0 aliphatic rings. The molecule has 0 saturated heterocycles. The molecule has 37 heavy (non-hydrogen) atoms. The van der Waals surface area contributed by atoms with Crippen molar-refractivity contribution in [2.75, 3.05) is 14.2 Å². The van der Waals surface area contributed by atoms with E-state index in [1.54, 1.807) is 48.6 Å². The Morgan fingerprint density at radius 1 is 0.811 bits per heavy atom. The maximum atomic E-state index is 12.8. The van der Waals surface area contributed by atoms with Gasteiger partial charge in [0, 0.05) is 11.8 Å². The molecule has 2 rings (SSSR count). The molecule has 0 saturated carbocycles. The molecule has 0 spiro atoms. The summed E-state index contributed by atoms with van der Waals surface area (Å²) in [7, 11) is 2.94. The van der Waals surface area contributed by atoms with E-state index in [1.807, 2.05) is 45.9 Å². The van der Waals surface area contributed by atoms with Crippen LogP contribution in [-0.4, -0.2) is 36.0 Å². The van der Waals surface area contributed by atoms with Crippen LogP contribution >= 0.6 is 0 Å². The fourth-order valence-corrected chi connectivity index (χ4v) is 3.39. The van der Waals surface area contributed by atoms with E-state index in [-0.39, 0.29) is 34.9 Å². The Hall–Kier alpha value is -4.06. The molecule has 2 unspecified atom stereocenters. The molecule has 0 aliphatic heterocycles. The third kappa shape index (κ3) is 8.53. The first-order valence-corrected chi connectivity index (χ1v) is 12.0. The zero-order valence-electron chi connectivity index (χ0n) is 22.3. The van der Waals surface area contributed by atoms with E-state index >= 15 is 0 Å². The summed E-state index contributed by atoms with van der Waals surface area (Å²) in [6, 6.07) is 9.78. The summed E-state index contributed by atoms with van der Waals surface area (Å²) in [4.78, 5) is 25.2. The molecule has 6 nitrogen and oxygen atoms in total. The highest BCUT2D eigenvalue weighted by Crippen LogP contribution is 2.31. The quantitative estimate of drug-likeness (QED) is 0.257. The molecule has 2 aromatic rings. The molecule has 0 aliphatic carbocycles. The minimum atomic E-state index is -0.413. The maximum absolute atomic E-state index is 12.8. The van der Waals surface area contributed by atoms with Gasteiger partial charge in [-0.15, -0.1) is 0 Å². The second-order valence-corrected chi connectivity index (χ2v) is 9.41. The smallest absolute Gasteiger partial charge is 0.162 e. The van der Waals surface area contributed by atoms with Crippen molar-refractivity contribution >= 4 is 23.7 Å². The Balaban J connectivity index is 1.96. The summed E-state index contributed by atoms with van der Waals surface area (Å²) in [5.41, 5.74) is 1.09. The predicted octanol–water partition coefficient (Wildman–Crippen LogP) is 6.39. The largest absolute Gasteiger partial charge is 0.504 e. The molecule has 2 N–H and O–H groups in total. The number of benzene rings is 2. The molecule has 0 aromatic heterocycles. The Morgan fingerprint density at radius 3 is 1.78 bits per heavy atom. The highest BCUT2D eigenvalue weighted by molar-refractivity contribution is 5.96. The van der Waals surface area contributed by atoms with Crippen molar-refractivity contribution in [3.63, 3.8) is 0 Å². The van der Waals surface area contributed by atoms with Crippen LogP contribution < -0.4 is 9.47 Å². The normalized spacial score (nSPS) is 14.0. The van der Waals surface area contributed by atoms with E-state index in [9.17, 15) is 19.8 Å². The van der Waals surface area contributed by atoms with Gasteiger partial charge in [0.25, 0.3) is 0 Å². The molecule has 196 valence electrons. The van der Waals surface area contributed by atoms with Crippen LogP contribution in [0.1, 0.15) is 38.8 Å². The van der Waals surface area contributed by atoms with Crippen molar-refractivity contribution in [3.8, 4) is 23.0 Å². The maximum Gasteiger partial charge on any atom is 0.162 e. The number of aromatic hydroxyl groups is 2. The number of ether oxygens (including phenoxy) is 2. The number of phenols is 2. The van der Waals surface area contributed by atoms with Crippen LogP contribution in [0, 0.1) is 17.3 Å². The molecule has 6 heteroatoms. The van der Waals surface area contributed by atoms with Gasteiger partial charge in [0.05, 0.1) is 14.2 Å². The first-order chi connectivity index (χ1) is 17.5. The summed E-state index contributed by atoms with van der Waals surface area (Å²) in [6.07, 6.45) is 13.9. The number of phenolic OH excluding ortho intramolecular Hbond substituents is 2. The molecular weight excluding hydrogens is 468 g/mol. The summed E-state index contributed by atoms with van der Waals surface area (Å²) in [5, 5.41) is 19.4. The number of rotatable bonds is 12. The van der Waals surface area contributed by atoms with Crippen LogP contribution in [0.3, 0.4) is 0 Å². The Kier molecular flexibility index (Phi) is 10.5. The van der Waals surface area contributed by atoms with E-state index in [0.717, 1.165) is 11.1 Å². The second-order valence-electron chi connectivity index (χ2n) is 9.41. The lowest BCUT2D eigenvalue weighted by Crippen LogP contribution is -2.25. The first kappa shape index (κ1) is 29.2. The van der Waals surface area contributed by atoms with Gasteiger partial charge < -0.3 is 19.7 Å². The lowest BCUT2D eigenvalue weighted by atomic mass is 9.77. The highest BCUT2D eigenvalue weighted by Gasteiger charge is 2.27. The van der Waals surface area contributed by atoms with Crippen molar-refractivity contribution in [1.82, 2.24) is 0 Å². The second kappa shape index (κ2) is 13.3. The third-order valence-corrected chi connectivity index (χ3v) is 6.32. The number of methoxy groups -OCH3 is 2. The van der Waals surface area contributed by atoms with E-state index in [1.165, 1.54) is 32.4 Å². The summed E-state index contributed by atoms with van der Waals surface area (Å²) in [5.74, 6) is 0.0936. The van der Waals surface area contributed by atoms with E-state index in [2.05, 4.69) is 0 Å². The van der Waals surface area contributed by atoms with Crippen LogP contribution in [0.5, 0.6) is 23.0 Å². The number of ketones is 2. The van der Waals surface area contributed by atoms with Gasteiger partial charge in [-0.3, -0.25) is 9.59 Å². The third-order valence-electron chi connectivity index (χ3n) is 6.32. The van der Waals surface area contributed by atoms with E-state index < -0.39 is 5.41 Å². The molecule has 2 aromatic carbocycles. The average molecular weight is 505 g/mol. The van der Waals surface area contributed by atoms with Crippen molar-refractivity contribution in [1.29, 1.82) is 0 Å². The van der Waals surface area contributed by atoms with Crippen molar-refractivity contribution in [2.24, 2.45) is 17.3 Å². The fraction of sp³-hybridized carbons (Fsp3) is 0.290. The minimum Gasteiger partial charge on any atom is -0.504 e. The molecule has 0 amide bonds. The SMILES string of the molecule is COc1cc(/C=C/C(=O)C(C)/C=C/C=C/C(C)(C)C(C)C(=O)/C=C/c2ccc(O)c(OC)c2)ccc1O. The van der Waals surface area contributed by atoms with Gasteiger partial charge in [-0.1, -0.05) is 76.3 Å². The first-order valence-electron chi connectivity index (χ1n) is 12.0. The topological polar surface area (TPSA) is 93.1 Å². The van der Waals surface area contributed by atoms with Crippen LogP contribution in [0.15, 0.2) is 72.9 Å². The standard InChI is InChI=1S/C31H36O6/c1-21(25(32)14-10-23-12-16-27(34)29(19-23)36-5)9-7-8-18-31(3,4)22(2)26(33)15-11-24-13-17-28(35)30(20-24)37-6/h7-22,34-35H,1-6H3/b9-7+,14-10+,15-11+,18-8+. The molecule has 0 heterocycles. The fourth-order valence-electron chi connectivity index (χ4n) is 3.39. The molecule has 0 fully saturated rings. The van der Waals surface area contributed by atoms with Gasteiger partial charge in [0.1, 0.15) is 0 Å². The average Bonchev–Trinajstić information content (AvgIpc) is 2.89. The summed E-state index contributed by atoms with van der Waals surface area (Å²) < 4.78 is 10.2. The summed E-state index contributed by atoms with van der Waals surface area (Å²) in [6.45, 7) is 7.67.